The van der Waals surface area contributed by atoms with Gasteiger partial charge in [-0.2, -0.15) is 0 Å². The fourth-order valence-electron chi connectivity index (χ4n) is 3.07. The summed E-state index contributed by atoms with van der Waals surface area (Å²) in [6.07, 6.45) is 7.00. The lowest BCUT2D eigenvalue weighted by atomic mass is 10.0. The van der Waals surface area contributed by atoms with Crippen LogP contribution in [0.3, 0.4) is 0 Å². The molecule has 2 bridgehead atoms. The van der Waals surface area contributed by atoms with Crippen LogP contribution in [-0.4, -0.2) is 26.9 Å². The maximum atomic E-state index is 4.56. The van der Waals surface area contributed by atoms with Gasteiger partial charge in [-0.15, -0.1) is 0 Å². The van der Waals surface area contributed by atoms with Gasteiger partial charge in [-0.25, -0.2) is 9.97 Å². The summed E-state index contributed by atoms with van der Waals surface area (Å²) in [6.45, 7) is 1.96. The maximum Gasteiger partial charge on any atom is 0.132 e. The number of piperidine rings is 1. The van der Waals surface area contributed by atoms with Gasteiger partial charge in [0.15, 0.2) is 0 Å². The standard InChI is InChI=1S/C12H16BrN3/c1-8-14-5-4-12(15-8)16-10-2-3-11(16)7-9(13)6-10/h4-5,9-11H,2-3,6-7H2,1H3. The quantitative estimate of drug-likeness (QED) is 0.742. The molecule has 2 fully saturated rings. The molecule has 2 aliphatic rings. The van der Waals surface area contributed by atoms with Gasteiger partial charge in [0.05, 0.1) is 0 Å². The van der Waals surface area contributed by atoms with Gasteiger partial charge in [0, 0.05) is 23.1 Å². The highest BCUT2D eigenvalue weighted by Gasteiger charge is 2.40. The van der Waals surface area contributed by atoms with Gasteiger partial charge in [0.1, 0.15) is 11.6 Å². The first-order valence-corrected chi connectivity index (χ1v) is 6.87. The lowest BCUT2D eigenvalue weighted by Gasteiger charge is -2.38. The lowest BCUT2D eigenvalue weighted by Crippen LogP contribution is -2.43. The van der Waals surface area contributed by atoms with Crippen LogP contribution in [0.5, 0.6) is 0 Å². The van der Waals surface area contributed by atoms with Gasteiger partial charge in [-0.05, 0) is 38.7 Å². The number of alkyl halides is 1. The summed E-state index contributed by atoms with van der Waals surface area (Å²) in [5, 5.41) is 0. The number of aromatic nitrogens is 2. The van der Waals surface area contributed by atoms with Gasteiger partial charge in [-0.1, -0.05) is 15.9 Å². The van der Waals surface area contributed by atoms with Crippen molar-refractivity contribution >= 4 is 21.7 Å². The first kappa shape index (κ1) is 10.5. The van der Waals surface area contributed by atoms with Crippen molar-refractivity contribution in [1.82, 2.24) is 9.97 Å². The van der Waals surface area contributed by atoms with Crippen molar-refractivity contribution in [3.63, 3.8) is 0 Å². The molecule has 0 saturated carbocycles. The minimum Gasteiger partial charge on any atom is -0.350 e. The van der Waals surface area contributed by atoms with E-state index in [1.807, 2.05) is 19.2 Å². The average Bonchev–Trinajstić information content (AvgIpc) is 2.51. The number of fused-ring (bicyclic) bond motifs is 2. The Morgan fingerprint density at radius 3 is 2.62 bits per heavy atom. The molecule has 16 heavy (non-hydrogen) atoms. The molecular formula is C12H16BrN3. The number of hydrogen-bond donors (Lipinski definition) is 0. The third-order valence-corrected chi connectivity index (χ3v) is 4.45. The summed E-state index contributed by atoms with van der Waals surface area (Å²) < 4.78 is 0. The summed E-state index contributed by atoms with van der Waals surface area (Å²) in [5.41, 5.74) is 0. The molecule has 3 heterocycles. The van der Waals surface area contributed by atoms with Crippen LogP contribution in [0.4, 0.5) is 5.82 Å². The van der Waals surface area contributed by atoms with Crippen molar-refractivity contribution in [2.24, 2.45) is 0 Å². The minimum atomic E-state index is 0.678. The van der Waals surface area contributed by atoms with Crippen molar-refractivity contribution in [2.75, 3.05) is 4.90 Å². The average molecular weight is 282 g/mol. The molecular weight excluding hydrogens is 266 g/mol. The first-order valence-electron chi connectivity index (χ1n) is 5.96. The molecule has 4 heteroatoms. The van der Waals surface area contributed by atoms with E-state index in [4.69, 9.17) is 0 Å². The zero-order chi connectivity index (χ0) is 11.1. The van der Waals surface area contributed by atoms with E-state index < -0.39 is 0 Å². The maximum absolute atomic E-state index is 4.56. The molecule has 86 valence electrons. The Bertz CT molecular complexity index is 382. The summed E-state index contributed by atoms with van der Waals surface area (Å²) in [7, 11) is 0. The van der Waals surface area contributed by atoms with E-state index in [0.29, 0.717) is 16.9 Å². The molecule has 0 aromatic carbocycles. The van der Waals surface area contributed by atoms with Crippen LogP contribution >= 0.6 is 15.9 Å². The zero-order valence-corrected chi connectivity index (χ0v) is 11.0. The van der Waals surface area contributed by atoms with Crippen LogP contribution in [0.25, 0.3) is 0 Å². The largest absolute Gasteiger partial charge is 0.350 e. The normalized spacial score (nSPS) is 33.1. The van der Waals surface area contributed by atoms with Crippen molar-refractivity contribution < 1.29 is 0 Å². The lowest BCUT2D eigenvalue weighted by molar-refractivity contribution is 0.479. The monoisotopic (exact) mass is 281 g/mol. The highest BCUT2D eigenvalue weighted by atomic mass is 79.9. The molecule has 0 radical (unpaired) electrons. The van der Waals surface area contributed by atoms with Gasteiger partial charge >= 0.3 is 0 Å². The number of halogens is 1. The van der Waals surface area contributed by atoms with E-state index >= 15 is 0 Å². The Labute approximate surface area is 104 Å². The summed E-state index contributed by atoms with van der Waals surface area (Å²) in [6, 6.07) is 3.40. The number of rotatable bonds is 1. The van der Waals surface area contributed by atoms with Crippen molar-refractivity contribution in [1.29, 1.82) is 0 Å². The Kier molecular flexibility index (Phi) is 2.62. The predicted molar refractivity (Wildman–Crippen MR) is 68.0 cm³/mol. The Morgan fingerprint density at radius 1 is 1.31 bits per heavy atom. The smallest absolute Gasteiger partial charge is 0.132 e. The molecule has 2 unspecified atom stereocenters. The molecule has 2 atom stereocenters. The highest BCUT2D eigenvalue weighted by molar-refractivity contribution is 9.09. The third kappa shape index (κ3) is 1.73. The van der Waals surface area contributed by atoms with Crippen LogP contribution in [0, 0.1) is 6.92 Å². The van der Waals surface area contributed by atoms with Crippen molar-refractivity contribution in [3.8, 4) is 0 Å². The van der Waals surface area contributed by atoms with E-state index in [-0.39, 0.29) is 0 Å². The number of nitrogens with zero attached hydrogens (tertiary/aromatic N) is 3. The molecule has 1 aromatic heterocycles. The minimum absolute atomic E-state index is 0.678. The van der Waals surface area contributed by atoms with Gasteiger partial charge < -0.3 is 4.90 Å². The molecule has 0 amide bonds. The van der Waals surface area contributed by atoms with Crippen LogP contribution in [0.15, 0.2) is 12.3 Å². The zero-order valence-electron chi connectivity index (χ0n) is 9.43. The van der Waals surface area contributed by atoms with Crippen molar-refractivity contribution in [2.45, 2.75) is 49.5 Å². The fourth-order valence-corrected chi connectivity index (χ4v) is 3.94. The Balaban J connectivity index is 1.91. The first-order chi connectivity index (χ1) is 7.74. The van der Waals surface area contributed by atoms with Gasteiger partial charge in [0.25, 0.3) is 0 Å². The predicted octanol–water partition coefficient (Wildman–Crippen LogP) is 2.68. The fraction of sp³-hybridized carbons (Fsp3) is 0.667. The summed E-state index contributed by atoms with van der Waals surface area (Å²) in [5.74, 6) is 2.00. The molecule has 2 saturated heterocycles. The molecule has 2 aliphatic heterocycles. The van der Waals surface area contributed by atoms with Crippen LogP contribution < -0.4 is 4.90 Å². The van der Waals surface area contributed by atoms with Crippen LogP contribution in [-0.2, 0) is 0 Å². The number of hydrogen-bond acceptors (Lipinski definition) is 3. The topological polar surface area (TPSA) is 29.0 Å². The summed E-state index contributed by atoms with van der Waals surface area (Å²) in [4.78, 5) is 12.0. The van der Waals surface area contributed by atoms with E-state index in [0.717, 1.165) is 11.6 Å². The van der Waals surface area contributed by atoms with Gasteiger partial charge in [-0.3, -0.25) is 0 Å². The second-order valence-corrected chi connectivity index (χ2v) is 6.12. The number of aryl methyl sites for hydroxylation is 1. The SMILES string of the molecule is Cc1nccc(N2C3CCC2CC(Br)C3)n1. The number of anilines is 1. The van der Waals surface area contributed by atoms with E-state index in [1.54, 1.807) is 0 Å². The molecule has 0 spiro atoms. The third-order valence-electron chi connectivity index (χ3n) is 3.70. The van der Waals surface area contributed by atoms with E-state index in [2.05, 4.69) is 30.8 Å². The molecule has 3 rings (SSSR count). The Hall–Kier alpha value is -0.640. The molecule has 3 nitrogen and oxygen atoms in total. The highest BCUT2D eigenvalue weighted by Crippen LogP contribution is 2.40. The van der Waals surface area contributed by atoms with E-state index in [1.165, 1.54) is 25.7 Å². The summed E-state index contributed by atoms with van der Waals surface area (Å²) >= 11 is 3.76. The van der Waals surface area contributed by atoms with Crippen LogP contribution in [0.1, 0.15) is 31.5 Å². The van der Waals surface area contributed by atoms with E-state index in [9.17, 15) is 0 Å². The Morgan fingerprint density at radius 2 is 2.00 bits per heavy atom. The van der Waals surface area contributed by atoms with Gasteiger partial charge in [0.2, 0.25) is 0 Å². The second kappa shape index (κ2) is 3.99. The van der Waals surface area contributed by atoms with Crippen molar-refractivity contribution in [3.05, 3.63) is 18.1 Å². The van der Waals surface area contributed by atoms with Crippen LogP contribution in [0.2, 0.25) is 0 Å². The molecule has 0 aliphatic carbocycles. The second-order valence-electron chi connectivity index (χ2n) is 4.82. The molecule has 1 aromatic rings. The molecule has 0 N–H and O–H groups in total.